The molecule has 1 heterocycles. The van der Waals surface area contributed by atoms with Gasteiger partial charge in [0.2, 0.25) is 0 Å². The Morgan fingerprint density at radius 2 is 1.95 bits per heavy atom. The third-order valence-electron chi connectivity index (χ3n) is 3.96. The molecule has 0 spiro atoms. The van der Waals surface area contributed by atoms with Crippen LogP contribution in [0.15, 0.2) is 6.07 Å². The van der Waals surface area contributed by atoms with Gasteiger partial charge in [0, 0.05) is 35.4 Å². The second-order valence-corrected chi connectivity index (χ2v) is 8.71. The molecule has 1 fully saturated rings. The van der Waals surface area contributed by atoms with Gasteiger partial charge in [0.15, 0.2) is 0 Å². The van der Waals surface area contributed by atoms with Crippen molar-refractivity contribution in [3.63, 3.8) is 0 Å². The van der Waals surface area contributed by atoms with E-state index in [9.17, 15) is 0 Å². The van der Waals surface area contributed by atoms with Gasteiger partial charge in [0.1, 0.15) is 0 Å². The van der Waals surface area contributed by atoms with Crippen LogP contribution in [0.4, 0.5) is 0 Å². The lowest BCUT2D eigenvalue weighted by atomic mass is 10.1. The molecule has 1 N–H and O–H groups in total. The molecule has 1 aromatic heterocycles. The molecule has 3 heteroatoms. The van der Waals surface area contributed by atoms with E-state index in [0.29, 0.717) is 0 Å². The van der Waals surface area contributed by atoms with Crippen LogP contribution in [0.5, 0.6) is 0 Å². The average molecular weight is 309 g/mol. The van der Waals surface area contributed by atoms with Crippen molar-refractivity contribution in [2.24, 2.45) is 11.8 Å². The number of hydrogen-bond donors (Lipinski definition) is 1. The molecule has 0 aromatic carbocycles. The van der Waals surface area contributed by atoms with Gasteiger partial charge in [-0.05, 0) is 49.8 Å². The molecule has 0 unspecified atom stereocenters. The Hall–Kier alpha value is -0.380. The summed E-state index contributed by atoms with van der Waals surface area (Å²) in [6, 6.07) is 3.29. The van der Waals surface area contributed by atoms with Crippen molar-refractivity contribution in [1.82, 2.24) is 10.2 Å². The van der Waals surface area contributed by atoms with Crippen LogP contribution in [-0.4, -0.2) is 24.0 Å². The summed E-state index contributed by atoms with van der Waals surface area (Å²) in [5, 5.41) is 3.56. The summed E-state index contributed by atoms with van der Waals surface area (Å²) in [6.07, 6.45) is 2.80. The fraction of sp³-hybridized carbons (Fsp3) is 0.778. The van der Waals surface area contributed by atoms with Crippen molar-refractivity contribution in [2.75, 3.05) is 13.1 Å². The van der Waals surface area contributed by atoms with Gasteiger partial charge in [0.05, 0.1) is 0 Å². The molecular weight excluding hydrogens is 276 g/mol. The summed E-state index contributed by atoms with van der Waals surface area (Å²) < 4.78 is 0. The van der Waals surface area contributed by atoms with E-state index in [2.05, 4.69) is 50.9 Å². The molecule has 0 saturated heterocycles. The maximum absolute atomic E-state index is 3.56. The van der Waals surface area contributed by atoms with Crippen molar-refractivity contribution in [2.45, 2.75) is 66.6 Å². The minimum atomic E-state index is 0.724. The van der Waals surface area contributed by atoms with E-state index in [1.165, 1.54) is 29.1 Å². The van der Waals surface area contributed by atoms with E-state index in [-0.39, 0.29) is 0 Å². The number of thiophene rings is 1. The molecule has 1 aliphatic carbocycles. The Kier molecular flexibility index (Phi) is 6.27. The van der Waals surface area contributed by atoms with Gasteiger partial charge in [-0.15, -0.1) is 11.3 Å². The average Bonchev–Trinajstić information content (AvgIpc) is 3.15. The van der Waals surface area contributed by atoms with Crippen LogP contribution in [0, 0.1) is 18.8 Å². The molecule has 2 nitrogen and oxygen atoms in total. The van der Waals surface area contributed by atoms with E-state index in [1.54, 1.807) is 5.56 Å². The second-order valence-electron chi connectivity index (χ2n) is 7.37. The van der Waals surface area contributed by atoms with Crippen molar-refractivity contribution < 1.29 is 0 Å². The molecule has 1 saturated carbocycles. The first-order chi connectivity index (χ1) is 9.95. The van der Waals surface area contributed by atoms with Crippen LogP contribution in [0.25, 0.3) is 0 Å². The predicted molar refractivity (Wildman–Crippen MR) is 93.9 cm³/mol. The zero-order chi connectivity index (χ0) is 15.4. The maximum Gasteiger partial charge on any atom is 0.0300 e. The molecule has 0 bridgehead atoms. The minimum absolute atomic E-state index is 0.724. The highest BCUT2D eigenvalue weighted by Crippen LogP contribution is 2.31. The van der Waals surface area contributed by atoms with Crippen LogP contribution in [0.3, 0.4) is 0 Å². The highest BCUT2D eigenvalue weighted by Gasteiger charge is 2.29. The number of nitrogens with zero attached hydrogens (tertiary/aromatic N) is 1. The first-order valence-electron chi connectivity index (χ1n) is 8.48. The second kappa shape index (κ2) is 7.75. The summed E-state index contributed by atoms with van der Waals surface area (Å²) in [7, 11) is 0. The first kappa shape index (κ1) is 17.0. The Labute approximate surface area is 134 Å². The van der Waals surface area contributed by atoms with Gasteiger partial charge in [-0.2, -0.15) is 0 Å². The van der Waals surface area contributed by atoms with Crippen LogP contribution in [0.1, 0.15) is 55.9 Å². The van der Waals surface area contributed by atoms with E-state index in [0.717, 1.165) is 37.5 Å². The molecule has 1 aliphatic rings. The van der Waals surface area contributed by atoms with E-state index >= 15 is 0 Å². The number of nitrogens with one attached hydrogen (secondary N) is 1. The van der Waals surface area contributed by atoms with Gasteiger partial charge in [-0.3, -0.25) is 4.90 Å². The highest BCUT2D eigenvalue weighted by atomic mass is 32.1. The van der Waals surface area contributed by atoms with Crippen molar-refractivity contribution in [1.29, 1.82) is 0 Å². The van der Waals surface area contributed by atoms with Crippen LogP contribution < -0.4 is 5.32 Å². The standard InChI is InChI=1S/C18H32N2S/c1-13(2)9-19-10-18-8-16(15(5)21-18)12-20(11-14(3)4)17-6-7-17/h8,13-14,17,19H,6-7,9-12H2,1-5H3. The Morgan fingerprint density at radius 1 is 1.24 bits per heavy atom. The largest absolute Gasteiger partial charge is 0.312 e. The summed E-state index contributed by atoms with van der Waals surface area (Å²) in [4.78, 5) is 5.69. The molecule has 0 amide bonds. The molecular formula is C18H32N2S. The summed E-state index contributed by atoms with van der Waals surface area (Å²) in [5.74, 6) is 1.48. The molecule has 0 aliphatic heterocycles. The smallest absolute Gasteiger partial charge is 0.0300 e. The first-order valence-corrected chi connectivity index (χ1v) is 9.30. The molecule has 0 atom stereocenters. The third kappa shape index (κ3) is 5.72. The maximum atomic E-state index is 3.56. The van der Waals surface area contributed by atoms with E-state index < -0.39 is 0 Å². The lowest BCUT2D eigenvalue weighted by molar-refractivity contribution is 0.226. The van der Waals surface area contributed by atoms with Crippen LogP contribution in [0.2, 0.25) is 0 Å². The van der Waals surface area contributed by atoms with Gasteiger partial charge in [-0.25, -0.2) is 0 Å². The Balaban J connectivity index is 1.91. The van der Waals surface area contributed by atoms with Crippen molar-refractivity contribution in [3.8, 4) is 0 Å². The van der Waals surface area contributed by atoms with Crippen LogP contribution >= 0.6 is 11.3 Å². The molecule has 120 valence electrons. The zero-order valence-electron chi connectivity index (χ0n) is 14.4. The highest BCUT2D eigenvalue weighted by molar-refractivity contribution is 7.12. The van der Waals surface area contributed by atoms with Gasteiger partial charge >= 0.3 is 0 Å². The fourth-order valence-electron chi connectivity index (χ4n) is 2.79. The number of rotatable bonds is 9. The van der Waals surface area contributed by atoms with Crippen molar-refractivity contribution in [3.05, 3.63) is 21.4 Å². The number of aryl methyl sites for hydroxylation is 1. The molecule has 21 heavy (non-hydrogen) atoms. The Morgan fingerprint density at radius 3 is 2.52 bits per heavy atom. The number of hydrogen-bond acceptors (Lipinski definition) is 3. The quantitative estimate of drug-likeness (QED) is 0.726. The molecule has 2 rings (SSSR count). The molecule has 0 radical (unpaired) electrons. The van der Waals surface area contributed by atoms with E-state index in [1.807, 2.05) is 11.3 Å². The predicted octanol–water partition coefficient (Wildman–Crippen LogP) is 4.42. The summed E-state index contributed by atoms with van der Waals surface area (Å²) in [6.45, 7) is 16.0. The normalized spacial score (nSPS) is 15.6. The third-order valence-corrected chi connectivity index (χ3v) is 5.05. The van der Waals surface area contributed by atoms with E-state index in [4.69, 9.17) is 0 Å². The minimum Gasteiger partial charge on any atom is -0.312 e. The topological polar surface area (TPSA) is 15.3 Å². The Bertz CT molecular complexity index is 432. The monoisotopic (exact) mass is 308 g/mol. The summed E-state index contributed by atoms with van der Waals surface area (Å²) >= 11 is 1.97. The SMILES string of the molecule is Cc1sc(CNCC(C)C)cc1CN(CC(C)C)C1CC1. The lowest BCUT2D eigenvalue weighted by Gasteiger charge is -2.24. The summed E-state index contributed by atoms with van der Waals surface area (Å²) in [5.41, 5.74) is 1.55. The van der Waals surface area contributed by atoms with Crippen molar-refractivity contribution >= 4 is 11.3 Å². The zero-order valence-corrected chi connectivity index (χ0v) is 15.2. The van der Waals surface area contributed by atoms with Gasteiger partial charge in [0.25, 0.3) is 0 Å². The lowest BCUT2D eigenvalue weighted by Crippen LogP contribution is -2.29. The van der Waals surface area contributed by atoms with Gasteiger partial charge < -0.3 is 5.32 Å². The fourth-order valence-corrected chi connectivity index (χ4v) is 3.81. The van der Waals surface area contributed by atoms with Crippen LogP contribution in [-0.2, 0) is 13.1 Å². The van der Waals surface area contributed by atoms with Gasteiger partial charge in [-0.1, -0.05) is 27.7 Å². The molecule has 1 aromatic rings.